The number of Topliss-reactive ketones (excluding diaryl/α,β-unsaturated/α-hetero) is 1. The summed E-state index contributed by atoms with van der Waals surface area (Å²) in [6.07, 6.45) is 3.51. The van der Waals surface area contributed by atoms with E-state index in [0.29, 0.717) is 0 Å². The van der Waals surface area contributed by atoms with E-state index < -0.39 is 0 Å². The van der Waals surface area contributed by atoms with Crippen LogP contribution in [0.5, 0.6) is 0 Å². The van der Waals surface area contributed by atoms with Gasteiger partial charge in [0, 0.05) is 34.0 Å². The predicted octanol–water partition coefficient (Wildman–Crippen LogP) is 4.31. The van der Waals surface area contributed by atoms with Crippen molar-refractivity contribution in [1.82, 2.24) is 4.98 Å². The number of carbonyl (C=O) groups excluding carboxylic acids is 1. The second-order valence-electron chi connectivity index (χ2n) is 5.17. The van der Waals surface area contributed by atoms with E-state index in [2.05, 4.69) is 17.1 Å². The van der Waals surface area contributed by atoms with Gasteiger partial charge in [-0.15, -0.1) is 11.8 Å². The highest BCUT2D eigenvalue weighted by Gasteiger charge is 2.30. The van der Waals surface area contributed by atoms with Gasteiger partial charge >= 0.3 is 0 Å². The Hall–Kier alpha value is -2.13. The van der Waals surface area contributed by atoms with E-state index in [4.69, 9.17) is 0 Å². The summed E-state index contributed by atoms with van der Waals surface area (Å²) in [5.41, 5.74) is 1.89. The van der Waals surface area contributed by atoms with Crippen LogP contribution >= 0.6 is 11.8 Å². The maximum atomic E-state index is 13.0. The molecule has 0 saturated heterocycles. The average molecular weight is 291 g/mol. The lowest BCUT2D eigenvalue weighted by atomic mass is 9.91. The lowest BCUT2D eigenvalue weighted by Gasteiger charge is -2.11. The van der Waals surface area contributed by atoms with Crippen molar-refractivity contribution in [1.29, 1.82) is 0 Å². The molecule has 0 bridgehead atoms. The molecule has 2 aromatic carbocycles. The van der Waals surface area contributed by atoms with Crippen molar-refractivity contribution in [2.24, 2.45) is 0 Å². The Bertz CT molecular complexity index is 838. The van der Waals surface area contributed by atoms with Crippen molar-refractivity contribution in [2.75, 3.05) is 5.75 Å². The SMILES string of the molecule is O=C(c1cncc2ccccc12)C1CSc2ccccc21. The molecule has 0 saturated carbocycles. The Balaban J connectivity index is 1.82. The Morgan fingerprint density at radius 1 is 1.05 bits per heavy atom. The molecule has 0 fully saturated rings. The number of nitrogens with zero attached hydrogens (tertiary/aromatic N) is 1. The molecule has 1 aromatic heterocycles. The van der Waals surface area contributed by atoms with Crippen LogP contribution in [0.2, 0.25) is 0 Å². The number of rotatable bonds is 2. The van der Waals surface area contributed by atoms with E-state index in [1.165, 1.54) is 4.90 Å². The van der Waals surface area contributed by atoms with Crippen LogP contribution in [0.1, 0.15) is 21.8 Å². The third-order valence-corrected chi connectivity index (χ3v) is 5.13. The Morgan fingerprint density at radius 3 is 2.81 bits per heavy atom. The summed E-state index contributed by atoms with van der Waals surface area (Å²) in [4.78, 5) is 18.4. The van der Waals surface area contributed by atoms with Gasteiger partial charge in [-0.25, -0.2) is 0 Å². The first-order valence-corrected chi connectivity index (χ1v) is 7.92. The van der Waals surface area contributed by atoms with Crippen molar-refractivity contribution in [3.05, 3.63) is 72.1 Å². The highest BCUT2D eigenvalue weighted by atomic mass is 32.2. The van der Waals surface area contributed by atoms with Crippen molar-refractivity contribution in [3.63, 3.8) is 0 Å². The summed E-state index contributed by atoms with van der Waals surface area (Å²) in [6.45, 7) is 0. The lowest BCUT2D eigenvalue weighted by Crippen LogP contribution is -2.13. The predicted molar refractivity (Wildman–Crippen MR) is 86.0 cm³/mol. The molecule has 3 heteroatoms. The molecule has 1 aliphatic heterocycles. The number of fused-ring (bicyclic) bond motifs is 2. The van der Waals surface area contributed by atoms with Gasteiger partial charge in [0.15, 0.2) is 5.78 Å². The summed E-state index contributed by atoms with van der Waals surface area (Å²) in [5, 5.41) is 2.01. The van der Waals surface area contributed by atoms with Gasteiger partial charge in [0.2, 0.25) is 0 Å². The number of benzene rings is 2. The molecule has 4 rings (SSSR count). The molecule has 0 N–H and O–H groups in total. The summed E-state index contributed by atoms with van der Waals surface area (Å²) in [7, 11) is 0. The van der Waals surface area contributed by atoms with Gasteiger partial charge in [-0.3, -0.25) is 9.78 Å². The molecular weight excluding hydrogens is 278 g/mol. The quantitative estimate of drug-likeness (QED) is 0.659. The molecular formula is C18H13NOS. The van der Waals surface area contributed by atoms with Crippen LogP contribution in [0.4, 0.5) is 0 Å². The highest BCUT2D eigenvalue weighted by molar-refractivity contribution is 7.99. The van der Waals surface area contributed by atoms with Gasteiger partial charge < -0.3 is 0 Å². The molecule has 2 heterocycles. The largest absolute Gasteiger partial charge is 0.293 e. The van der Waals surface area contributed by atoms with Crippen molar-refractivity contribution < 1.29 is 4.79 Å². The maximum absolute atomic E-state index is 13.0. The average Bonchev–Trinajstić information content (AvgIpc) is 2.98. The normalized spacial score (nSPS) is 16.9. The van der Waals surface area contributed by atoms with Crippen LogP contribution in [0.15, 0.2) is 65.8 Å². The first kappa shape index (κ1) is 12.6. The van der Waals surface area contributed by atoms with Gasteiger partial charge in [0.05, 0.1) is 5.92 Å². The maximum Gasteiger partial charge on any atom is 0.173 e. The van der Waals surface area contributed by atoms with E-state index in [1.807, 2.05) is 42.6 Å². The number of hydrogen-bond acceptors (Lipinski definition) is 3. The molecule has 0 radical (unpaired) electrons. The molecule has 102 valence electrons. The van der Waals surface area contributed by atoms with Crippen LogP contribution in [0.25, 0.3) is 10.8 Å². The van der Waals surface area contributed by atoms with Crippen LogP contribution in [0, 0.1) is 0 Å². The van der Waals surface area contributed by atoms with Gasteiger partial charge in [0.1, 0.15) is 0 Å². The minimum atomic E-state index is -0.0567. The number of pyridine rings is 1. The Labute approximate surface area is 127 Å². The molecule has 0 amide bonds. The number of ketones is 1. The minimum absolute atomic E-state index is 0.0567. The Morgan fingerprint density at radius 2 is 1.86 bits per heavy atom. The molecule has 1 unspecified atom stereocenters. The Kier molecular flexibility index (Phi) is 3.00. The number of hydrogen-bond donors (Lipinski definition) is 0. The first-order valence-electron chi connectivity index (χ1n) is 6.93. The topological polar surface area (TPSA) is 30.0 Å². The number of carbonyl (C=O) groups is 1. The highest BCUT2D eigenvalue weighted by Crippen LogP contribution is 2.41. The van der Waals surface area contributed by atoms with E-state index in [-0.39, 0.29) is 11.7 Å². The van der Waals surface area contributed by atoms with Crippen LogP contribution < -0.4 is 0 Å². The van der Waals surface area contributed by atoms with Crippen molar-refractivity contribution in [3.8, 4) is 0 Å². The first-order chi connectivity index (χ1) is 10.3. The molecule has 0 aliphatic carbocycles. The zero-order valence-corrected chi connectivity index (χ0v) is 12.1. The second kappa shape index (κ2) is 5.01. The minimum Gasteiger partial charge on any atom is -0.293 e. The lowest BCUT2D eigenvalue weighted by molar-refractivity contribution is 0.0969. The molecule has 1 aliphatic rings. The van der Waals surface area contributed by atoms with E-state index in [1.54, 1.807) is 18.0 Å². The fraction of sp³-hybridized carbons (Fsp3) is 0.111. The molecule has 2 nitrogen and oxygen atoms in total. The molecule has 0 spiro atoms. The standard InChI is InChI=1S/C18H13NOS/c20-18(16-11-21-17-8-4-3-7-14(16)17)15-10-19-9-12-5-1-2-6-13(12)15/h1-10,16H,11H2. The van der Waals surface area contributed by atoms with Crippen LogP contribution in [-0.2, 0) is 0 Å². The number of aromatic nitrogens is 1. The fourth-order valence-corrected chi connectivity index (χ4v) is 4.11. The summed E-state index contributed by atoms with van der Waals surface area (Å²) < 4.78 is 0. The molecule has 3 aromatic rings. The van der Waals surface area contributed by atoms with Gasteiger partial charge in [-0.2, -0.15) is 0 Å². The van der Waals surface area contributed by atoms with Crippen LogP contribution in [0.3, 0.4) is 0 Å². The fourth-order valence-electron chi connectivity index (χ4n) is 2.88. The third kappa shape index (κ3) is 2.05. The van der Waals surface area contributed by atoms with E-state index >= 15 is 0 Å². The monoisotopic (exact) mass is 291 g/mol. The zero-order chi connectivity index (χ0) is 14.2. The summed E-state index contributed by atoms with van der Waals surface area (Å²) in [5.74, 6) is 0.942. The van der Waals surface area contributed by atoms with E-state index in [9.17, 15) is 4.79 Å². The van der Waals surface area contributed by atoms with Gasteiger partial charge in [-0.1, -0.05) is 42.5 Å². The zero-order valence-electron chi connectivity index (χ0n) is 11.3. The van der Waals surface area contributed by atoms with Crippen LogP contribution in [-0.4, -0.2) is 16.5 Å². The van der Waals surface area contributed by atoms with Crippen molar-refractivity contribution >= 4 is 28.3 Å². The third-order valence-electron chi connectivity index (χ3n) is 3.95. The van der Waals surface area contributed by atoms with Crippen molar-refractivity contribution in [2.45, 2.75) is 10.8 Å². The number of thioether (sulfide) groups is 1. The van der Waals surface area contributed by atoms with E-state index in [0.717, 1.165) is 27.7 Å². The smallest absolute Gasteiger partial charge is 0.173 e. The van der Waals surface area contributed by atoms with Gasteiger partial charge in [0.25, 0.3) is 0 Å². The second-order valence-corrected chi connectivity index (χ2v) is 6.24. The van der Waals surface area contributed by atoms with Gasteiger partial charge in [-0.05, 0) is 17.0 Å². The summed E-state index contributed by atoms with van der Waals surface area (Å²) >= 11 is 1.76. The molecule has 1 atom stereocenters. The molecule has 21 heavy (non-hydrogen) atoms. The summed E-state index contributed by atoms with van der Waals surface area (Å²) in [6, 6.07) is 16.1.